The molecule has 0 saturated heterocycles. The highest BCUT2D eigenvalue weighted by Crippen LogP contribution is 2.31. The number of hydrogen-bond acceptors (Lipinski definition) is 6. The number of imidazole rings is 3. The van der Waals surface area contributed by atoms with Crippen molar-refractivity contribution in [3.05, 3.63) is 291 Å². The average molecular weight is 1060 g/mol. The molecule has 9 aromatic carbocycles. The molecule has 13 heteroatoms. The van der Waals surface area contributed by atoms with Crippen molar-refractivity contribution in [2.45, 2.75) is 13.8 Å². The van der Waals surface area contributed by atoms with Crippen LogP contribution in [0.25, 0.3) is 101 Å². The molecule has 0 unspecified atom stereocenters. The van der Waals surface area contributed by atoms with Crippen molar-refractivity contribution >= 4 is 33.1 Å². The standard InChI is InChI=1S/C24H20N4.C22H15FN4.C22H16N4/c1-17-3-8-20(9-4-17)27-16-25-22-12-7-19(15-24(22)27)23-13-14-26-28(23)21-10-5-18(2)6-11-21;23-17-7-9-19(10-8-17)27-21(12-13-25-27)16-6-11-20-22(14-16)26(15-24-20)18-4-2-1-3-5-18;1-3-7-18(8-4-1)25-16-23-20-12-11-17(15-22(20)25)21-13-14-24-26(21)19-9-5-2-6-10-19/h3-16H,1-2H3;1-15H;1-16H. The molecule has 12 nitrogen and oxygen atoms in total. The van der Waals surface area contributed by atoms with Crippen LogP contribution in [0.4, 0.5) is 4.39 Å². The maximum atomic E-state index is 13.3. The molecule has 390 valence electrons. The lowest BCUT2D eigenvalue weighted by atomic mass is 10.1. The third-order valence-corrected chi connectivity index (χ3v) is 14.2. The molecule has 0 spiro atoms. The SMILES string of the molecule is Cc1ccc(-n2nccc2-c2ccc3ncn(-c4ccc(C)cc4)c3c2)cc1.Fc1ccc(-n2nccc2-c2ccc3ncn(-c4ccccc4)c3c2)cc1.c1ccc(-n2nccc2-c2ccc3ncn(-c4ccccc4)c3c2)cc1. The lowest BCUT2D eigenvalue weighted by molar-refractivity contribution is 0.627. The number of hydrogen-bond donors (Lipinski definition) is 0. The molecule has 6 aromatic heterocycles. The Morgan fingerprint density at radius 1 is 0.296 bits per heavy atom. The fourth-order valence-corrected chi connectivity index (χ4v) is 10.0. The van der Waals surface area contributed by atoms with Gasteiger partial charge in [0.15, 0.2) is 0 Å². The minimum absolute atomic E-state index is 0.263. The van der Waals surface area contributed by atoms with Crippen LogP contribution in [0.1, 0.15) is 11.1 Å². The predicted molar refractivity (Wildman–Crippen MR) is 320 cm³/mol. The van der Waals surface area contributed by atoms with E-state index in [0.717, 1.165) is 101 Å². The minimum atomic E-state index is -0.263. The van der Waals surface area contributed by atoms with E-state index in [1.54, 1.807) is 18.3 Å². The van der Waals surface area contributed by atoms with E-state index in [1.165, 1.54) is 23.3 Å². The van der Waals surface area contributed by atoms with Gasteiger partial charge in [-0.1, -0.05) is 108 Å². The minimum Gasteiger partial charge on any atom is -0.299 e. The summed E-state index contributed by atoms with van der Waals surface area (Å²) < 4.78 is 25.3. The summed E-state index contributed by atoms with van der Waals surface area (Å²) in [4.78, 5) is 13.6. The van der Waals surface area contributed by atoms with E-state index in [1.807, 2.05) is 130 Å². The monoisotopic (exact) mass is 1050 g/mol. The van der Waals surface area contributed by atoms with Crippen LogP contribution in [0.5, 0.6) is 0 Å². The van der Waals surface area contributed by atoms with E-state index in [4.69, 9.17) is 0 Å². The molecule has 0 fully saturated rings. The Hall–Kier alpha value is -11.1. The number of nitrogens with zero attached hydrogens (tertiary/aromatic N) is 12. The van der Waals surface area contributed by atoms with Crippen LogP contribution in [-0.2, 0) is 0 Å². The summed E-state index contributed by atoms with van der Waals surface area (Å²) in [6.45, 7) is 4.19. The van der Waals surface area contributed by atoms with Crippen LogP contribution in [0.3, 0.4) is 0 Å². The first kappa shape index (κ1) is 49.5. The molecule has 0 aliphatic carbocycles. The number of aromatic nitrogens is 12. The van der Waals surface area contributed by atoms with E-state index in [2.05, 4.69) is 185 Å². The Morgan fingerprint density at radius 3 is 0.951 bits per heavy atom. The summed E-state index contributed by atoms with van der Waals surface area (Å²) in [5.41, 5.74) is 21.0. The van der Waals surface area contributed by atoms with E-state index in [0.29, 0.717) is 0 Å². The Morgan fingerprint density at radius 2 is 0.593 bits per heavy atom. The van der Waals surface area contributed by atoms with Crippen molar-refractivity contribution in [3.63, 3.8) is 0 Å². The quantitative estimate of drug-likeness (QED) is 0.143. The van der Waals surface area contributed by atoms with Gasteiger partial charge in [-0.05, 0) is 153 Å². The highest BCUT2D eigenvalue weighted by atomic mass is 19.1. The highest BCUT2D eigenvalue weighted by Gasteiger charge is 2.15. The molecule has 0 aliphatic rings. The summed E-state index contributed by atoms with van der Waals surface area (Å²) in [5, 5.41) is 13.5. The largest absolute Gasteiger partial charge is 0.299 e. The molecule has 0 N–H and O–H groups in total. The molecule has 0 saturated carbocycles. The van der Waals surface area contributed by atoms with Gasteiger partial charge in [-0.3, -0.25) is 13.7 Å². The first-order valence-electron chi connectivity index (χ1n) is 26.5. The van der Waals surface area contributed by atoms with Gasteiger partial charge in [0.05, 0.1) is 85.8 Å². The van der Waals surface area contributed by atoms with Gasteiger partial charge in [0.2, 0.25) is 0 Å². The fraction of sp³-hybridized carbons (Fsp3) is 0.0294. The number of rotatable bonds is 9. The highest BCUT2D eigenvalue weighted by molar-refractivity contribution is 5.85. The van der Waals surface area contributed by atoms with Gasteiger partial charge in [0.25, 0.3) is 0 Å². The number of para-hydroxylation sites is 3. The predicted octanol–water partition coefficient (Wildman–Crippen LogP) is 15.4. The second-order valence-corrected chi connectivity index (χ2v) is 19.5. The normalized spacial score (nSPS) is 11.1. The van der Waals surface area contributed by atoms with E-state index >= 15 is 0 Å². The van der Waals surface area contributed by atoms with Gasteiger partial charge in [-0.25, -0.2) is 33.4 Å². The molecule has 6 heterocycles. The van der Waals surface area contributed by atoms with Crippen LogP contribution in [0.2, 0.25) is 0 Å². The zero-order valence-corrected chi connectivity index (χ0v) is 44.2. The zero-order valence-electron chi connectivity index (χ0n) is 44.2. The third-order valence-electron chi connectivity index (χ3n) is 14.2. The topological polar surface area (TPSA) is 107 Å². The van der Waals surface area contributed by atoms with Crippen molar-refractivity contribution in [3.8, 4) is 67.9 Å². The number of aryl methyl sites for hydroxylation is 2. The van der Waals surface area contributed by atoms with Crippen molar-refractivity contribution in [2.24, 2.45) is 0 Å². The molecule has 81 heavy (non-hydrogen) atoms. The summed E-state index contributed by atoms with van der Waals surface area (Å²) in [5.74, 6) is -0.263. The van der Waals surface area contributed by atoms with Crippen molar-refractivity contribution in [1.82, 2.24) is 58.0 Å². The molecule has 0 atom stereocenters. The second kappa shape index (κ2) is 21.8. The van der Waals surface area contributed by atoms with Crippen LogP contribution < -0.4 is 0 Å². The maximum Gasteiger partial charge on any atom is 0.123 e. The Kier molecular flexibility index (Phi) is 13.3. The summed E-state index contributed by atoms with van der Waals surface area (Å²) in [6, 6.07) is 78.7. The second-order valence-electron chi connectivity index (χ2n) is 19.5. The maximum absolute atomic E-state index is 13.3. The van der Waals surface area contributed by atoms with Gasteiger partial charge in [-0.15, -0.1) is 0 Å². The van der Waals surface area contributed by atoms with Gasteiger partial charge < -0.3 is 0 Å². The third kappa shape index (κ3) is 10.1. The summed E-state index contributed by atoms with van der Waals surface area (Å²) >= 11 is 0. The van der Waals surface area contributed by atoms with Gasteiger partial charge >= 0.3 is 0 Å². The summed E-state index contributed by atoms with van der Waals surface area (Å²) in [6.07, 6.45) is 11.0. The van der Waals surface area contributed by atoms with Crippen LogP contribution in [-0.4, -0.2) is 58.0 Å². The van der Waals surface area contributed by atoms with Gasteiger partial charge in [-0.2, -0.15) is 15.3 Å². The Balaban J connectivity index is 0.000000114. The first-order chi connectivity index (χ1) is 39.9. The molecular formula is C68H51FN12. The first-order valence-corrected chi connectivity index (χ1v) is 26.5. The Bertz CT molecular complexity index is 4590. The molecule has 0 amide bonds. The number of fused-ring (bicyclic) bond motifs is 3. The van der Waals surface area contributed by atoms with Gasteiger partial charge in [0, 0.05) is 33.8 Å². The average Bonchev–Trinajstić information content (AvgIpc) is 4.42. The van der Waals surface area contributed by atoms with Crippen molar-refractivity contribution in [2.75, 3.05) is 0 Å². The molecule has 15 rings (SSSR count). The molecule has 0 bridgehead atoms. The number of halogens is 1. The number of benzene rings is 9. The molecule has 0 aliphatic heterocycles. The lowest BCUT2D eigenvalue weighted by Crippen LogP contribution is -1.99. The van der Waals surface area contributed by atoms with Crippen LogP contribution in [0, 0.1) is 19.7 Å². The van der Waals surface area contributed by atoms with E-state index < -0.39 is 0 Å². The van der Waals surface area contributed by atoms with Crippen LogP contribution in [0.15, 0.2) is 274 Å². The molecule has 0 radical (unpaired) electrons. The van der Waals surface area contributed by atoms with E-state index in [9.17, 15) is 4.39 Å². The molecular weight excluding hydrogens is 1000 g/mol. The van der Waals surface area contributed by atoms with Gasteiger partial charge in [0.1, 0.15) is 24.8 Å². The molecule has 15 aromatic rings. The fourth-order valence-electron chi connectivity index (χ4n) is 10.0. The Labute approximate surface area is 466 Å². The van der Waals surface area contributed by atoms with Crippen molar-refractivity contribution < 1.29 is 4.39 Å². The van der Waals surface area contributed by atoms with Crippen molar-refractivity contribution in [1.29, 1.82) is 0 Å². The lowest BCUT2D eigenvalue weighted by Gasteiger charge is -2.09. The smallest absolute Gasteiger partial charge is 0.123 e. The van der Waals surface area contributed by atoms with Crippen LogP contribution >= 0.6 is 0 Å². The summed E-state index contributed by atoms with van der Waals surface area (Å²) in [7, 11) is 0. The van der Waals surface area contributed by atoms with E-state index in [-0.39, 0.29) is 5.82 Å². The zero-order chi connectivity index (χ0) is 54.7.